The Balaban J connectivity index is 0.000000433. The number of nitrogens with zero attached hydrogens (tertiary/aromatic N) is 4. The van der Waals surface area contributed by atoms with E-state index in [4.69, 9.17) is 15.4 Å². The number of aldehydes is 2. The van der Waals surface area contributed by atoms with Gasteiger partial charge in [0.15, 0.2) is 0 Å². The van der Waals surface area contributed by atoms with Crippen LogP contribution in [0.25, 0.3) is 10.4 Å². The number of ether oxygens (including phenoxy) is 2. The maximum Gasteiger partial charge on any atom is 0.412 e. The molecule has 10 heteroatoms. The monoisotopic (exact) mass is 302 g/mol. The molecule has 1 rings (SSSR count). The minimum atomic E-state index is -1.15. The Labute approximate surface area is 121 Å². The van der Waals surface area contributed by atoms with Crippen LogP contribution in [-0.2, 0) is 19.1 Å². The molecule has 118 valence electrons. The highest BCUT2D eigenvalue weighted by atomic mass is 16.6. The van der Waals surface area contributed by atoms with Gasteiger partial charge in [-0.25, -0.2) is 4.79 Å². The topological polar surface area (TPSA) is 142 Å². The molecule has 1 aliphatic rings. The van der Waals surface area contributed by atoms with E-state index in [1.54, 1.807) is 13.8 Å². The molecule has 1 aliphatic heterocycles. The molecule has 10 nitrogen and oxygen atoms in total. The van der Waals surface area contributed by atoms with Crippen molar-refractivity contribution in [1.82, 2.24) is 4.90 Å². The summed E-state index contributed by atoms with van der Waals surface area (Å²) in [5.41, 5.74) is 6.88. The van der Waals surface area contributed by atoms with E-state index in [9.17, 15) is 14.4 Å². The highest BCUT2D eigenvalue weighted by Gasteiger charge is 2.44. The SMILES string of the molecule is COC(=O)N1C(C=O)COC1(C)C.[N-]=[N+]=NCC(O)C=O. The van der Waals surface area contributed by atoms with Crippen LogP contribution in [0.4, 0.5) is 4.79 Å². The van der Waals surface area contributed by atoms with Gasteiger partial charge in [0, 0.05) is 4.91 Å². The molecule has 0 saturated carbocycles. The number of azide groups is 1. The number of aliphatic hydroxyl groups excluding tert-OH is 1. The third-order valence-electron chi connectivity index (χ3n) is 2.54. The van der Waals surface area contributed by atoms with Crippen molar-refractivity contribution in [2.75, 3.05) is 20.3 Å². The molecule has 1 N–H and O–H groups in total. The fourth-order valence-electron chi connectivity index (χ4n) is 1.55. The van der Waals surface area contributed by atoms with Gasteiger partial charge in [0.05, 0.1) is 20.3 Å². The average molecular weight is 302 g/mol. The largest absolute Gasteiger partial charge is 0.453 e. The number of aliphatic hydroxyl groups is 1. The Bertz CT molecular complexity index is 421. The smallest absolute Gasteiger partial charge is 0.412 e. The molecule has 21 heavy (non-hydrogen) atoms. The van der Waals surface area contributed by atoms with Crippen molar-refractivity contribution in [2.45, 2.75) is 31.7 Å². The summed E-state index contributed by atoms with van der Waals surface area (Å²) in [5.74, 6) is 0. The van der Waals surface area contributed by atoms with E-state index in [1.807, 2.05) is 0 Å². The standard InChI is InChI=1S/C8H13NO4.C3H5N3O2/c1-8(2)9(7(11)12-3)6(4-10)5-13-8;4-6-5-1-3(8)2-7/h4,6H,5H2,1-3H3;2-3,8H,1H2. The van der Waals surface area contributed by atoms with Gasteiger partial charge in [-0.2, -0.15) is 0 Å². The zero-order valence-electron chi connectivity index (χ0n) is 12.0. The summed E-state index contributed by atoms with van der Waals surface area (Å²) >= 11 is 0. The van der Waals surface area contributed by atoms with E-state index in [1.165, 1.54) is 12.0 Å². The number of rotatable bonds is 4. The van der Waals surface area contributed by atoms with Crippen LogP contribution in [-0.4, -0.2) is 66.8 Å². The summed E-state index contributed by atoms with van der Waals surface area (Å²) < 4.78 is 9.82. The maximum atomic E-state index is 11.3. The first-order valence-corrected chi connectivity index (χ1v) is 5.94. The fourth-order valence-corrected chi connectivity index (χ4v) is 1.55. The van der Waals surface area contributed by atoms with E-state index in [2.05, 4.69) is 14.8 Å². The van der Waals surface area contributed by atoms with Crippen molar-refractivity contribution < 1.29 is 29.0 Å². The molecule has 0 bridgehead atoms. The zero-order valence-corrected chi connectivity index (χ0v) is 12.0. The van der Waals surface area contributed by atoms with Crippen molar-refractivity contribution in [1.29, 1.82) is 0 Å². The summed E-state index contributed by atoms with van der Waals surface area (Å²) in [6.45, 7) is 3.48. The number of carbonyl (C=O) groups excluding carboxylic acids is 3. The van der Waals surface area contributed by atoms with E-state index < -0.39 is 24.0 Å². The Morgan fingerprint density at radius 1 is 1.67 bits per heavy atom. The van der Waals surface area contributed by atoms with Gasteiger partial charge in [0.1, 0.15) is 30.4 Å². The van der Waals surface area contributed by atoms with Gasteiger partial charge in [0.2, 0.25) is 0 Å². The van der Waals surface area contributed by atoms with Gasteiger partial charge in [-0.1, -0.05) is 5.11 Å². The van der Waals surface area contributed by atoms with Crippen molar-refractivity contribution in [2.24, 2.45) is 5.11 Å². The van der Waals surface area contributed by atoms with Crippen LogP contribution in [0.3, 0.4) is 0 Å². The molecule has 2 unspecified atom stereocenters. The van der Waals surface area contributed by atoms with Crippen molar-refractivity contribution in [3.63, 3.8) is 0 Å². The second kappa shape index (κ2) is 8.90. The predicted octanol–water partition coefficient (Wildman–Crippen LogP) is 0.245. The molecule has 1 amide bonds. The number of carbonyl (C=O) groups is 3. The number of hydrogen-bond acceptors (Lipinski definition) is 7. The summed E-state index contributed by atoms with van der Waals surface area (Å²) in [6, 6.07) is -0.539. The molecule has 1 saturated heterocycles. The van der Waals surface area contributed by atoms with Crippen LogP contribution >= 0.6 is 0 Å². The quantitative estimate of drug-likeness (QED) is 0.341. The highest BCUT2D eigenvalue weighted by Crippen LogP contribution is 2.26. The fraction of sp³-hybridized carbons (Fsp3) is 0.727. The van der Waals surface area contributed by atoms with Crippen molar-refractivity contribution in [3.05, 3.63) is 10.4 Å². The lowest BCUT2D eigenvalue weighted by atomic mass is 10.2. The summed E-state index contributed by atoms with van der Waals surface area (Å²) in [6.07, 6.45) is -0.689. The minimum absolute atomic E-state index is 0.181. The Morgan fingerprint density at radius 2 is 2.29 bits per heavy atom. The zero-order chi connectivity index (χ0) is 16.5. The number of methoxy groups -OCH3 is 1. The first kappa shape index (κ1) is 18.8. The summed E-state index contributed by atoms with van der Waals surface area (Å²) in [4.78, 5) is 35.1. The predicted molar refractivity (Wildman–Crippen MR) is 70.2 cm³/mol. The van der Waals surface area contributed by atoms with Gasteiger partial charge >= 0.3 is 6.09 Å². The molecular weight excluding hydrogens is 284 g/mol. The van der Waals surface area contributed by atoms with Crippen LogP contribution in [0, 0.1) is 0 Å². The molecule has 0 aromatic heterocycles. The molecule has 2 atom stereocenters. The van der Waals surface area contributed by atoms with E-state index in [0.29, 0.717) is 12.6 Å². The second-order valence-corrected chi connectivity index (χ2v) is 4.42. The molecule has 1 heterocycles. The summed E-state index contributed by atoms with van der Waals surface area (Å²) in [5, 5.41) is 11.3. The molecule has 0 radical (unpaired) electrons. The first-order chi connectivity index (χ1) is 9.83. The van der Waals surface area contributed by atoms with Gasteiger partial charge < -0.3 is 24.2 Å². The van der Waals surface area contributed by atoms with E-state index in [0.717, 1.165) is 0 Å². The maximum absolute atomic E-state index is 11.3. The third-order valence-corrected chi connectivity index (χ3v) is 2.54. The van der Waals surface area contributed by atoms with Crippen LogP contribution in [0.15, 0.2) is 5.11 Å². The van der Waals surface area contributed by atoms with Gasteiger partial charge in [-0.3, -0.25) is 4.90 Å². The molecule has 1 fully saturated rings. The highest BCUT2D eigenvalue weighted by molar-refractivity contribution is 5.74. The average Bonchev–Trinajstić information content (AvgIpc) is 2.79. The van der Waals surface area contributed by atoms with Gasteiger partial charge in [0.25, 0.3) is 0 Å². The Kier molecular flexibility index (Phi) is 7.99. The number of amides is 1. The summed E-state index contributed by atoms with van der Waals surface area (Å²) in [7, 11) is 1.28. The van der Waals surface area contributed by atoms with Gasteiger partial charge in [-0.15, -0.1) is 0 Å². The Hall–Kier alpha value is -2.16. The van der Waals surface area contributed by atoms with Gasteiger partial charge in [-0.05, 0) is 19.4 Å². The lowest BCUT2D eigenvalue weighted by Gasteiger charge is -2.30. The molecule has 0 aromatic rings. The van der Waals surface area contributed by atoms with E-state index in [-0.39, 0.29) is 13.2 Å². The minimum Gasteiger partial charge on any atom is -0.453 e. The number of hydrogen-bond donors (Lipinski definition) is 1. The molecule has 0 aliphatic carbocycles. The Morgan fingerprint density at radius 3 is 2.71 bits per heavy atom. The lowest BCUT2D eigenvalue weighted by molar-refractivity contribution is -0.114. The van der Waals surface area contributed by atoms with E-state index >= 15 is 0 Å². The first-order valence-electron chi connectivity index (χ1n) is 5.94. The normalized spacial score (nSPS) is 20.4. The molecular formula is C11H18N4O6. The van der Waals surface area contributed by atoms with Crippen molar-refractivity contribution >= 4 is 18.7 Å². The van der Waals surface area contributed by atoms with Crippen LogP contribution in [0.2, 0.25) is 0 Å². The second-order valence-electron chi connectivity index (χ2n) is 4.42. The molecule has 0 spiro atoms. The van der Waals surface area contributed by atoms with Crippen LogP contribution < -0.4 is 0 Å². The van der Waals surface area contributed by atoms with Crippen LogP contribution in [0.1, 0.15) is 13.8 Å². The third kappa shape index (κ3) is 5.78. The molecule has 0 aromatic carbocycles. The lowest BCUT2D eigenvalue weighted by Crippen LogP contribution is -2.48. The van der Waals surface area contributed by atoms with Crippen molar-refractivity contribution in [3.8, 4) is 0 Å². The van der Waals surface area contributed by atoms with Crippen LogP contribution in [0.5, 0.6) is 0 Å².